The van der Waals surface area contributed by atoms with Crippen molar-refractivity contribution in [1.82, 2.24) is 10.3 Å². The number of ether oxygens (including phenoxy) is 1. The van der Waals surface area contributed by atoms with Crippen molar-refractivity contribution < 1.29 is 4.74 Å². The van der Waals surface area contributed by atoms with E-state index >= 15 is 0 Å². The van der Waals surface area contributed by atoms with Crippen molar-refractivity contribution in [3.8, 4) is 5.88 Å². The van der Waals surface area contributed by atoms with Crippen LogP contribution in [0.3, 0.4) is 0 Å². The highest BCUT2D eigenvalue weighted by molar-refractivity contribution is 5.85. The fourth-order valence-corrected chi connectivity index (χ4v) is 2.20. The number of aromatic nitrogens is 1. The largest absolute Gasteiger partial charge is 0.474 e. The lowest BCUT2D eigenvalue weighted by Crippen LogP contribution is -2.34. The summed E-state index contributed by atoms with van der Waals surface area (Å²) in [5.74, 6) is 0.746. The molecule has 4 heteroatoms. The molecule has 1 aromatic carbocycles. The van der Waals surface area contributed by atoms with E-state index in [1.54, 1.807) is 0 Å². The number of pyridine rings is 1. The molecule has 0 aliphatic carbocycles. The molecule has 3 nitrogen and oxygen atoms in total. The number of piperidine rings is 1. The van der Waals surface area contributed by atoms with Gasteiger partial charge in [-0.05, 0) is 38.1 Å². The monoisotopic (exact) mass is 264 g/mol. The summed E-state index contributed by atoms with van der Waals surface area (Å²) in [7, 11) is 0. The molecule has 1 aromatic heterocycles. The van der Waals surface area contributed by atoms with Crippen molar-refractivity contribution in [3.63, 3.8) is 0 Å². The van der Waals surface area contributed by atoms with Crippen LogP contribution in [0, 0.1) is 0 Å². The second kappa shape index (κ2) is 6.03. The van der Waals surface area contributed by atoms with Gasteiger partial charge in [-0.2, -0.15) is 0 Å². The van der Waals surface area contributed by atoms with Crippen molar-refractivity contribution in [2.45, 2.75) is 18.9 Å². The minimum absolute atomic E-state index is 0. The van der Waals surface area contributed by atoms with E-state index in [4.69, 9.17) is 4.74 Å². The minimum Gasteiger partial charge on any atom is -0.474 e. The lowest BCUT2D eigenvalue weighted by molar-refractivity contribution is 0.156. The molecular weight excluding hydrogens is 248 g/mol. The Hall–Kier alpha value is -1.32. The number of para-hydroxylation sites is 1. The molecule has 96 valence electrons. The first kappa shape index (κ1) is 13.1. The van der Waals surface area contributed by atoms with E-state index in [1.807, 2.05) is 24.3 Å². The van der Waals surface area contributed by atoms with Crippen LogP contribution in [0.2, 0.25) is 0 Å². The third-order valence-electron chi connectivity index (χ3n) is 3.15. The van der Waals surface area contributed by atoms with E-state index in [9.17, 15) is 0 Å². The predicted molar refractivity (Wildman–Crippen MR) is 75.5 cm³/mol. The molecule has 2 aromatic rings. The zero-order valence-corrected chi connectivity index (χ0v) is 11.0. The molecule has 0 spiro atoms. The van der Waals surface area contributed by atoms with Crippen LogP contribution in [0.4, 0.5) is 0 Å². The number of hydrogen-bond acceptors (Lipinski definition) is 3. The molecule has 1 aliphatic heterocycles. The standard InChI is InChI=1S/C14H16N2O.ClH/c1-2-4-13-11(3-1)5-6-14(16-13)17-12-7-9-15-10-8-12;/h1-6,12,15H,7-10H2;1H. The molecule has 0 bridgehead atoms. The quantitative estimate of drug-likeness (QED) is 0.906. The van der Waals surface area contributed by atoms with Gasteiger partial charge in [-0.15, -0.1) is 12.4 Å². The van der Waals surface area contributed by atoms with Gasteiger partial charge in [-0.1, -0.05) is 18.2 Å². The van der Waals surface area contributed by atoms with Crippen molar-refractivity contribution in [1.29, 1.82) is 0 Å². The molecule has 18 heavy (non-hydrogen) atoms. The lowest BCUT2D eigenvalue weighted by Gasteiger charge is -2.23. The maximum absolute atomic E-state index is 5.91. The number of hydrogen-bond donors (Lipinski definition) is 1. The summed E-state index contributed by atoms with van der Waals surface area (Å²) in [6.45, 7) is 2.08. The Kier molecular flexibility index (Phi) is 4.39. The van der Waals surface area contributed by atoms with Crippen molar-refractivity contribution >= 4 is 23.3 Å². The predicted octanol–water partition coefficient (Wildman–Crippen LogP) is 2.79. The summed E-state index contributed by atoms with van der Waals surface area (Å²) in [6.07, 6.45) is 2.44. The van der Waals surface area contributed by atoms with Gasteiger partial charge in [0.25, 0.3) is 0 Å². The van der Waals surface area contributed by atoms with Crippen LogP contribution in [0.5, 0.6) is 5.88 Å². The number of fused-ring (bicyclic) bond motifs is 1. The number of nitrogens with zero attached hydrogens (tertiary/aromatic N) is 1. The molecule has 1 aliphatic rings. The lowest BCUT2D eigenvalue weighted by atomic mass is 10.1. The van der Waals surface area contributed by atoms with E-state index in [1.165, 1.54) is 0 Å². The highest BCUT2D eigenvalue weighted by Gasteiger charge is 2.14. The Labute approximate surface area is 113 Å². The second-order valence-corrected chi connectivity index (χ2v) is 4.41. The van der Waals surface area contributed by atoms with Gasteiger partial charge >= 0.3 is 0 Å². The summed E-state index contributed by atoms with van der Waals surface area (Å²) in [6, 6.07) is 12.1. The average molecular weight is 265 g/mol. The second-order valence-electron chi connectivity index (χ2n) is 4.41. The highest BCUT2D eigenvalue weighted by Crippen LogP contribution is 2.18. The van der Waals surface area contributed by atoms with Crippen LogP contribution in [-0.2, 0) is 0 Å². The molecule has 0 saturated carbocycles. The first-order valence-corrected chi connectivity index (χ1v) is 6.15. The summed E-state index contributed by atoms with van der Waals surface area (Å²) in [5.41, 5.74) is 0.999. The van der Waals surface area contributed by atoms with Gasteiger partial charge in [0.1, 0.15) is 6.10 Å². The SMILES string of the molecule is Cl.c1ccc2nc(OC3CCNCC3)ccc2c1. The first-order valence-electron chi connectivity index (χ1n) is 6.15. The smallest absolute Gasteiger partial charge is 0.214 e. The molecule has 0 unspecified atom stereocenters. The van der Waals surface area contributed by atoms with Gasteiger partial charge in [-0.25, -0.2) is 4.98 Å². The zero-order valence-electron chi connectivity index (χ0n) is 10.1. The molecule has 2 heterocycles. The normalized spacial score (nSPS) is 16.2. The fraction of sp³-hybridized carbons (Fsp3) is 0.357. The summed E-state index contributed by atoms with van der Waals surface area (Å²) >= 11 is 0. The molecule has 1 N–H and O–H groups in total. The molecular formula is C14H17ClN2O. The summed E-state index contributed by atoms with van der Waals surface area (Å²) in [5, 5.41) is 4.49. The van der Waals surface area contributed by atoms with Gasteiger partial charge < -0.3 is 10.1 Å². The van der Waals surface area contributed by atoms with Crippen LogP contribution in [-0.4, -0.2) is 24.2 Å². The van der Waals surface area contributed by atoms with Gasteiger partial charge in [0.2, 0.25) is 5.88 Å². The highest BCUT2D eigenvalue weighted by atomic mass is 35.5. The number of nitrogens with one attached hydrogen (secondary N) is 1. The fourth-order valence-electron chi connectivity index (χ4n) is 2.20. The maximum Gasteiger partial charge on any atom is 0.214 e. The molecule has 3 rings (SSSR count). The average Bonchev–Trinajstić information content (AvgIpc) is 2.40. The molecule has 1 saturated heterocycles. The molecule has 1 fully saturated rings. The Morgan fingerprint density at radius 2 is 1.83 bits per heavy atom. The van der Waals surface area contributed by atoms with E-state index < -0.39 is 0 Å². The molecule has 0 radical (unpaired) electrons. The minimum atomic E-state index is 0. The van der Waals surface area contributed by atoms with E-state index in [0.29, 0.717) is 6.10 Å². The van der Waals surface area contributed by atoms with Gasteiger partial charge in [0.15, 0.2) is 0 Å². The number of benzene rings is 1. The topological polar surface area (TPSA) is 34.1 Å². The number of halogens is 1. The zero-order chi connectivity index (χ0) is 11.5. The molecule has 0 atom stereocenters. The van der Waals surface area contributed by atoms with Crippen LogP contribution in [0.1, 0.15) is 12.8 Å². The summed E-state index contributed by atoms with van der Waals surface area (Å²) < 4.78 is 5.91. The summed E-state index contributed by atoms with van der Waals surface area (Å²) in [4.78, 5) is 4.53. The third-order valence-corrected chi connectivity index (χ3v) is 3.15. The Morgan fingerprint density at radius 1 is 1.06 bits per heavy atom. The van der Waals surface area contributed by atoms with Crippen molar-refractivity contribution in [3.05, 3.63) is 36.4 Å². The number of rotatable bonds is 2. The Bertz CT molecular complexity index is 512. The van der Waals surface area contributed by atoms with Crippen LogP contribution < -0.4 is 10.1 Å². The molecule has 0 amide bonds. The maximum atomic E-state index is 5.91. The van der Waals surface area contributed by atoms with Gasteiger partial charge in [0.05, 0.1) is 5.52 Å². The van der Waals surface area contributed by atoms with Gasteiger partial charge in [0, 0.05) is 11.5 Å². The van der Waals surface area contributed by atoms with Crippen LogP contribution in [0.25, 0.3) is 10.9 Å². The Morgan fingerprint density at radius 3 is 2.67 bits per heavy atom. The first-order chi connectivity index (χ1) is 8.42. The van der Waals surface area contributed by atoms with E-state index in [-0.39, 0.29) is 12.4 Å². The van der Waals surface area contributed by atoms with Gasteiger partial charge in [-0.3, -0.25) is 0 Å². The van der Waals surface area contributed by atoms with Crippen LogP contribution in [0.15, 0.2) is 36.4 Å². The van der Waals surface area contributed by atoms with Crippen molar-refractivity contribution in [2.75, 3.05) is 13.1 Å². The van der Waals surface area contributed by atoms with E-state index in [2.05, 4.69) is 22.4 Å². The van der Waals surface area contributed by atoms with Crippen molar-refractivity contribution in [2.24, 2.45) is 0 Å². The third kappa shape index (κ3) is 2.92. The van der Waals surface area contributed by atoms with Crippen LogP contribution >= 0.6 is 12.4 Å². The Balaban J connectivity index is 0.00000120. The van der Waals surface area contributed by atoms with E-state index in [0.717, 1.165) is 42.7 Å².